The van der Waals surface area contributed by atoms with Crippen LogP contribution in [0, 0.1) is 18.7 Å². The minimum Gasteiger partial charge on any atom is -0.381 e. The molecule has 0 spiro atoms. The van der Waals surface area contributed by atoms with Gasteiger partial charge < -0.3 is 19.5 Å². The topological polar surface area (TPSA) is 85.9 Å². The van der Waals surface area contributed by atoms with Gasteiger partial charge in [-0.1, -0.05) is 23.4 Å². The van der Waals surface area contributed by atoms with Gasteiger partial charge >= 0.3 is 0 Å². The van der Waals surface area contributed by atoms with Crippen molar-refractivity contribution >= 4 is 27.9 Å². The number of ether oxygens (including phenoxy) is 1. The third-order valence-corrected chi connectivity index (χ3v) is 8.04. The quantitative estimate of drug-likeness (QED) is 0.309. The zero-order chi connectivity index (χ0) is 27.8. The molecule has 40 heavy (non-hydrogen) atoms. The highest BCUT2D eigenvalue weighted by atomic mass is 19.1. The Morgan fingerprint density at radius 1 is 1.18 bits per heavy atom. The zero-order valence-electron chi connectivity index (χ0n) is 23.4. The van der Waals surface area contributed by atoms with Crippen molar-refractivity contribution < 1.29 is 9.13 Å². The lowest BCUT2D eigenvalue weighted by atomic mass is 9.86. The van der Waals surface area contributed by atoms with Gasteiger partial charge in [-0.3, -0.25) is 4.98 Å². The zero-order valence-corrected chi connectivity index (χ0v) is 23.4. The minimum absolute atomic E-state index is 0.167. The number of nitrogens with zero attached hydrogens (tertiary/aromatic N) is 7. The molecule has 1 aliphatic rings. The summed E-state index contributed by atoms with van der Waals surface area (Å²) in [5.41, 5.74) is 5.85. The lowest BCUT2D eigenvalue weighted by molar-refractivity contribution is 0.0548. The molecule has 6 rings (SSSR count). The molecule has 1 atom stereocenters. The third-order valence-electron chi connectivity index (χ3n) is 8.04. The number of aromatic nitrogens is 6. The van der Waals surface area contributed by atoms with Gasteiger partial charge in [0.05, 0.1) is 28.5 Å². The first-order valence-electron chi connectivity index (χ1n) is 13.8. The summed E-state index contributed by atoms with van der Waals surface area (Å²) >= 11 is 0. The van der Waals surface area contributed by atoms with Crippen LogP contribution in [0.3, 0.4) is 0 Å². The van der Waals surface area contributed by atoms with Gasteiger partial charge in [0.25, 0.3) is 0 Å². The average molecular weight is 543 g/mol. The lowest BCUT2D eigenvalue weighted by Crippen LogP contribution is -2.29. The van der Waals surface area contributed by atoms with Gasteiger partial charge in [0.15, 0.2) is 0 Å². The molecule has 1 N–H and O–H groups in total. The maximum Gasteiger partial charge on any atom is 0.145 e. The molecule has 0 aliphatic carbocycles. The van der Waals surface area contributed by atoms with Crippen molar-refractivity contribution in [2.45, 2.75) is 25.8 Å². The highest BCUT2D eigenvalue weighted by molar-refractivity contribution is 6.05. The van der Waals surface area contributed by atoms with Gasteiger partial charge in [0.2, 0.25) is 0 Å². The predicted molar refractivity (Wildman–Crippen MR) is 155 cm³/mol. The minimum atomic E-state index is -0.279. The van der Waals surface area contributed by atoms with Crippen LogP contribution in [-0.2, 0) is 11.8 Å². The van der Waals surface area contributed by atoms with E-state index in [0.29, 0.717) is 18.8 Å². The summed E-state index contributed by atoms with van der Waals surface area (Å²) < 4.78 is 25.4. The SMILES string of the molecule is CNCCN(C)c1ccc2c3ncc(-c4c(C)nnn4C)cc3n([C@H](c3ccccc3F)C3CCOCC3)c2n1. The second-order valence-corrected chi connectivity index (χ2v) is 10.6. The Morgan fingerprint density at radius 2 is 1.98 bits per heavy atom. The van der Waals surface area contributed by atoms with Crippen LogP contribution in [-0.4, -0.2) is 69.9 Å². The summed E-state index contributed by atoms with van der Waals surface area (Å²) in [4.78, 5) is 12.3. The van der Waals surface area contributed by atoms with Crippen LogP contribution in [0.1, 0.15) is 30.1 Å². The van der Waals surface area contributed by atoms with Crippen molar-refractivity contribution in [3.63, 3.8) is 0 Å². The normalized spacial score (nSPS) is 15.2. The summed E-state index contributed by atoms with van der Waals surface area (Å²) in [6.07, 6.45) is 3.54. The number of hydrogen-bond acceptors (Lipinski definition) is 7. The molecule has 0 amide bonds. The van der Waals surface area contributed by atoms with Crippen molar-refractivity contribution in [2.24, 2.45) is 13.0 Å². The molecule has 5 heterocycles. The molecule has 1 aromatic carbocycles. The van der Waals surface area contributed by atoms with Gasteiger partial charge in [-0.25, -0.2) is 14.1 Å². The number of hydrogen-bond donors (Lipinski definition) is 1. The molecule has 1 fully saturated rings. The number of halogens is 1. The molecular weight excluding hydrogens is 507 g/mol. The van der Waals surface area contributed by atoms with Crippen LogP contribution in [0.2, 0.25) is 0 Å². The Bertz CT molecular complexity index is 1640. The second-order valence-electron chi connectivity index (χ2n) is 10.6. The highest BCUT2D eigenvalue weighted by Crippen LogP contribution is 2.41. The van der Waals surface area contributed by atoms with Crippen molar-refractivity contribution in [1.29, 1.82) is 0 Å². The Morgan fingerprint density at radius 3 is 2.70 bits per heavy atom. The van der Waals surface area contributed by atoms with Crippen molar-refractivity contribution in [3.05, 3.63) is 65.7 Å². The fourth-order valence-corrected chi connectivity index (χ4v) is 5.99. The number of pyridine rings is 2. The van der Waals surface area contributed by atoms with E-state index in [1.807, 2.05) is 52.5 Å². The van der Waals surface area contributed by atoms with Crippen LogP contribution in [0.25, 0.3) is 33.3 Å². The van der Waals surface area contributed by atoms with Crippen LogP contribution in [0.5, 0.6) is 0 Å². The molecule has 9 nitrogen and oxygen atoms in total. The number of likely N-dealkylation sites (N-methyl/N-ethyl adjacent to an activating group) is 2. The van der Waals surface area contributed by atoms with Crippen molar-refractivity contribution in [2.75, 3.05) is 45.3 Å². The number of anilines is 1. The fraction of sp³-hybridized carbons (Fsp3) is 0.400. The molecule has 1 saturated heterocycles. The standard InChI is InChI=1S/C30H35FN8O/c1-19-28(38(4)36-35-19)21-17-25-27(33-18-21)23-9-10-26(37(3)14-13-32-2)34-30(23)39(25)29(20-11-15-40-16-12-20)22-7-5-6-8-24(22)31/h5-10,17-18,20,29,32H,11-16H2,1-4H3/t29-/m0/s1. The molecule has 5 aromatic rings. The first-order valence-corrected chi connectivity index (χ1v) is 13.8. The molecule has 0 bridgehead atoms. The van der Waals surface area contributed by atoms with E-state index in [1.165, 1.54) is 0 Å². The van der Waals surface area contributed by atoms with Gasteiger partial charge in [-0.05, 0) is 57.0 Å². The van der Waals surface area contributed by atoms with E-state index in [4.69, 9.17) is 14.7 Å². The van der Waals surface area contributed by atoms with Crippen molar-refractivity contribution in [1.82, 2.24) is 34.8 Å². The number of aryl methyl sites for hydroxylation is 2. The maximum absolute atomic E-state index is 15.6. The summed E-state index contributed by atoms with van der Waals surface area (Å²) in [5.74, 6) is 0.811. The van der Waals surface area contributed by atoms with Crippen molar-refractivity contribution in [3.8, 4) is 11.3 Å². The molecule has 1 aliphatic heterocycles. The Balaban J connectivity index is 1.65. The van der Waals surface area contributed by atoms with E-state index < -0.39 is 0 Å². The Hall–Kier alpha value is -3.89. The van der Waals surface area contributed by atoms with Gasteiger partial charge in [0.1, 0.15) is 17.3 Å². The predicted octanol–water partition coefficient (Wildman–Crippen LogP) is 4.50. The molecule has 10 heteroatoms. The smallest absolute Gasteiger partial charge is 0.145 e. The van der Waals surface area contributed by atoms with Gasteiger partial charge in [-0.15, -0.1) is 5.10 Å². The van der Waals surface area contributed by atoms with Gasteiger partial charge in [0, 0.05) is 63.1 Å². The molecule has 208 valence electrons. The molecule has 0 unspecified atom stereocenters. The van der Waals surface area contributed by atoms with Crippen LogP contribution in [0.4, 0.5) is 10.2 Å². The number of nitrogens with one attached hydrogen (secondary N) is 1. The molecule has 0 radical (unpaired) electrons. The molecule has 0 saturated carbocycles. The summed E-state index contributed by atoms with van der Waals surface area (Å²) in [6, 6.07) is 13.1. The first kappa shape index (κ1) is 26.3. The molecule has 4 aromatic heterocycles. The lowest BCUT2D eigenvalue weighted by Gasteiger charge is -2.33. The average Bonchev–Trinajstić information content (AvgIpc) is 3.48. The Kier molecular flexibility index (Phi) is 7.20. The maximum atomic E-state index is 15.6. The van der Waals surface area contributed by atoms with E-state index in [0.717, 1.165) is 70.8 Å². The largest absolute Gasteiger partial charge is 0.381 e. The number of rotatable bonds is 8. The highest BCUT2D eigenvalue weighted by Gasteiger charge is 2.32. The second kappa shape index (κ2) is 10.9. The van der Waals surface area contributed by atoms with E-state index in [-0.39, 0.29) is 17.8 Å². The number of benzene rings is 1. The Labute approximate surface area is 233 Å². The summed E-state index contributed by atoms with van der Waals surface area (Å²) in [6.45, 7) is 4.90. The van der Waals surface area contributed by atoms with E-state index in [1.54, 1.807) is 16.8 Å². The third kappa shape index (κ3) is 4.61. The molecular formula is C30H35FN8O. The first-order chi connectivity index (χ1) is 19.5. The van der Waals surface area contributed by atoms with Crippen LogP contribution < -0.4 is 10.2 Å². The fourth-order valence-electron chi connectivity index (χ4n) is 5.99. The van der Waals surface area contributed by atoms with Crippen LogP contribution >= 0.6 is 0 Å². The summed E-state index contributed by atoms with van der Waals surface area (Å²) in [5, 5.41) is 12.6. The van der Waals surface area contributed by atoms with E-state index in [9.17, 15) is 0 Å². The number of fused-ring (bicyclic) bond motifs is 3. The van der Waals surface area contributed by atoms with E-state index >= 15 is 4.39 Å². The van der Waals surface area contributed by atoms with Gasteiger partial charge in [-0.2, -0.15) is 0 Å². The summed E-state index contributed by atoms with van der Waals surface area (Å²) in [7, 11) is 5.87. The van der Waals surface area contributed by atoms with Crippen LogP contribution in [0.15, 0.2) is 48.7 Å². The monoisotopic (exact) mass is 542 g/mol. The van der Waals surface area contributed by atoms with E-state index in [2.05, 4.69) is 37.2 Å².